The van der Waals surface area contributed by atoms with Crippen LogP contribution in [-0.4, -0.2) is 29.1 Å². The van der Waals surface area contributed by atoms with E-state index in [1.807, 2.05) is 12.3 Å². The second-order valence-electron chi connectivity index (χ2n) is 5.35. The summed E-state index contributed by atoms with van der Waals surface area (Å²) in [7, 11) is 0. The molecule has 4 heteroatoms. The van der Waals surface area contributed by atoms with Crippen LogP contribution in [-0.2, 0) is 0 Å². The summed E-state index contributed by atoms with van der Waals surface area (Å²) in [5, 5.41) is 3.54. The predicted molar refractivity (Wildman–Crippen MR) is 80.7 cm³/mol. The van der Waals surface area contributed by atoms with Crippen LogP contribution in [0.1, 0.15) is 52.4 Å². The largest absolute Gasteiger partial charge is 0.367 e. The van der Waals surface area contributed by atoms with Gasteiger partial charge in [0.05, 0.1) is 0 Å². The maximum absolute atomic E-state index is 4.68. The van der Waals surface area contributed by atoms with E-state index in [1.54, 1.807) is 0 Å². The molecule has 0 spiro atoms. The fourth-order valence-corrected chi connectivity index (χ4v) is 2.71. The number of hydrogen-bond donors (Lipinski definition) is 1. The molecular weight excluding hydrogens is 236 g/mol. The minimum atomic E-state index is 0.605. The molecule has 0 radical (unpaired) electrons. The molecule has 1 aromatic heterocycles. The van der Waals surface area contributed by atoms with Crippen LogP contribution in [0.2, 0.25) is 0 Å². The van der Waals surface area contributed by atoms with Gasteiger partial charge >= 0.3 is 0 Å². The summed E-state index contributed by atoms with van der Waals surface area (Å²) >= 11 is 0. The van der Waals surface area contributed by atoms with Crippen LogP contribution in [0.25, 0.3) is 0 Å². The number of nitrogens with one attached hydrogen (secondary N) is 1. The van der Waals surface area contributed by atoms with Crippen LogP contribution < -0.4 is 10.2 Å². The Bertz CT molecular complexity index is 368. The summed E-state index contributed by atoms with van der Waals surface area (Å²) in [5.41, 5.74) is 0. The second kappa shape index (κ2) is 7.31. The average molecular weight is 262 g/mol. The highest BCUT2D eigenvalue weighted by molar-refractivity contribution is 5.42. The monoisotopic (exact) mass is 262 g/mol. The first-order valence-corrected chi connectivity index (χ1v) is 7.68. The Morgan fingerprint density at radius 1 is 1.21 bits per heavy atom. The molecule has 0 saturated heterocycles. The van der Waals surface area contributed by atoms with Gasteiger partial charge in [0.25, 0.3) is 0 Å². The van der Waals surface area contributed by atoms with Gasteiger partial charge in [-0.15, -0.1) is 0 Å². The first kappa shape index (κ1) is 14.1. The van der Waals surface area contributed by atoms with Crippen LogP contribution in [0.15, 0.2) is 12.3 Å². The fourth-order valence-electron chi connectivity index (χ4n) is 2.71. The molecule has 106 valence electrons. The van der Waals surface area contributed by atoms with E-state index >= 15 is 0 Å². The van der Waals surface area contributed by atoms with Crippen molar-refractivity contribution in [1.29, 1.82) is 0 Å². The van der Waals surface area contributed by atoms with E-state index in [0.29, 0.717) is 6.04 Å². The molecule has 19 heavy (non-hydrogen) atoms. The molecule has 1 fully saturated rings. The third-order valence-electron chi connectivity index (χ3n) is 3.62. The van der Waals surface area contributed by atoms with Gasteiger partial charge in [0.1, 0.15) is 5.82 Å². The van der Waals surface area contributed by atoms with Gasteiger partial charge in [-0.3, -0.25) is 0 Å². The maximum Gasteiger partial charge on any atom is 0.227 e. The zero-order valence-corrected chi connectivity index (χ0v) is 12.2. The molecule has 1 aliphatic carbocycles. The first-order chi connectivity index (χ1) is 9.33. The lowest BCUT2D eigenvalue weighted by molar-refractivity contribution is 0.716. The van der Waals surface area contributed by atoms with Crippen molar-refractivity contribution >= 4 is 11.8 Å². The Kier molecular flexibility index (Phi) is 5.43. The highest BCUT2D eigenvalue weighted by Crippen LogP contribution is 2.22. The van der Waals surface area contributed by atoms with Crippen LogP contribution in [0.4, 0.5) is 11.8 Å². The van der Waals surface area contributed by atoms with Gasteiger partial charge in [0.2, 0.25) is 5.95 Å². The van der Waals surface area contributed by atoms with Crippen molar-refractivity contribution in [1.82, 2.24) is 9.97 Å². The predicted octanol–water partition coefficient (Wildman–Crippen LogP) is 3.46. The number of rotatable bonds is 7. The molecule has 2 rings (SSSR count). The summed E-state index contributed by atoms with van der Waals surface area (Å²) in [6.07, 6.45) is 9.35. The quantitative estimate of drug-likeness (QED) is 0.817. The minimum Gasteiger partial charge on any atom is -0.367 e. The van der Waals surface area contributed by atoms with E-state index in [4.69, 9.17) is 0 Å². The molecule has 1 saturated carbocycles. The van der Waals surface area contributed by atoms with Crippen LogP contribution in [0.5, 0.6) is 0 Å². The SMILES string of the molecule is CCCN(CCC)c1nccc(NC2CCCC2)n1. The molecule has 0 atom stereocenters. The summed E-state index contributed by atoms with van der Waals surface area (Å²) in [6.45, 7) is 6.45. The molecule has 0 bridgehead atoms. The molecule has 1 aromatic rings. The van der Waals surface area contributed by atoms with Gasteiger partial charge in [0.15, 0.2) is 0 Å². The van der Waals surface area contributed by atoms with Crippen molar-refractivity contribution in [3.63, 3.8) is 0 Å². The van der Waals surface area contributed by atoms with Gasteiger partial charge in [-0.25, -0.2) is 4.98 Å². The van der Waals surface area contributed by atoms with Crippen molar-refractivity contribution in [2.75, 3.05) is 23.3 Å². The maximum atomic E-state index is 4.68. The highest BCUT2D eigenvalue weighted by Gasteiger charge is 2.15. The molecule has 0 aliphatic heterocycles. The Morgan fingerprint density at radius 3 is 2.53 bits per heavy atom. The van der Waals surface area contributed by atoms with E-state index < -0.39 is 0 Å². The fraction of sp³-hybridized carbons (Fsp3) is 0.733. The molecule has 4 nitrogen and oxygen atoms in total. The normalized spacial score (nSPS) is 15.7. The van der Waals surface area contributed by atoms with E-state index in [9.17, 15) is 0 Å². The number of hydrogen-bond acceptors (Lipinski definition) is 4. The number of anilines is 2. The van der Waals surface area contributed by atoms with E-state index in [-0.39, 0.29) is 0 Å². The molecule has 1 aliphatic rings. The zero-order valence-electron chi connectivity index (χ0n) is 12.2. The lowest BCUT2D eigenvalue weighted by Crippen LogP contribution is -2.27. The first-order valence-electron chi connectivity index (χ1n) is 7.68. The van der Waals surface area contributed by atoms with Gasteiger partial charge in [-0.05, 0) is 31.7 Å². The third kappa shape index (κ3) is 4.08. The minimum absolute atomic E-state index is 0.605. The van der Waals surface area contributed by atoms with Crippen LogP contribution >= 0.6 is 0 Å². The molecule has 0 amide bonds. The third-order valence-corrected chi connectivity index (χ3v) is 3.62. The standard InChI is InChI=1S/C15H26N4/c1-3-11-19(12-4-2)15-16-10-9-14(18-15)17-13-7-5-6-8-13/h9-10,13H,3-8,11-12H2,1-2H3,(H,16,17,18). The number of aromatic nitrogens is 2. The van der Waals surface area contributed by atoms with Crippen molar-refractivity contribution in [2.45, 2.75) is 58.4 Å². The average Bonchev–Trinajstić information content (AvgIpc) is 2.92. The Labute approximate surface area is 116 Å². The van der Waals surface area contributed by atoms with Crippen molar-refractivity contribution in [3.8, 4) is 0 Å². The number of nitrogens with zero attached hydrogens (tertiary/aromatic N) is 3. The second-order valence-corrected chi connectivity index (χ2v) is 5.35. The van der Waals surface area contributed by atoms with Crippen molar-refractivity contribution in [3.05, 3.63) is 12.3 Å². The lowest BCUT2D eigenvalue weighted by Gasteiger charge is -2.22. The Morgan fingerprint density at radius 2 is 1.89 bits per heavy atom. The molecule has 1 heterocycles. The molecule has 1 N–H and O–H groups in total. The van der Waals surface area contributed by atoms with Crippen molar-refractivity contribution in [2.24, 2.45) is 0 Å². The lowest BCUT2D eigenvalue weighted by atomic mass is 10.2. The van der Waals surface area contributed by atoms with Gasteiger partial charge in [-0.2, -0.15) is 4.98 Å². The zero-order chi connectivity index (χ0) is 13.5. The Balaban J connectivity index is 2.03. The summed E-state index contributed by atoms with van der Waals surface area (Å²) in [5.74, 6) is 1.85. The molecule has 0 aromatic carbocycles. The highest BCUT2D eigenvalue weighted by atomic mass is 15.3. The van der Waals surface area contributed by atoms with Crippen LogP contribution in [0, 0.1) is 0 Å². The topological polar surface area (TPSA) is 41.1 Å². The molecular formula is C15H26N4. The van der Waals surface area contributed by atoms with Gasteiger partial charge < -0.3 is 10.2 Å². The van der Waals surface area contributed by atoms with Gasteiger partial charge in [0, 0.05) is 25.3 Å². The van der Waals surface area contributed by atoms with E-state index in [2.05, 4.69) is 34.0 Å². The van der Waals surface area contributed by atoms with E-state index in [1.165, 1.54) is 25.7 Å². The van der Waals surface area contributed by atoms with Crippen molar-refractivity contribution < 1.29 is 0 Å². The summed E-state index contributed by atoms with van der Waals surface area (Å²) in [4.78, 5) is 11.4. The smallest absolute Gasteiger partial charge is 0.227 e. The summed E-state index contributed by atoms with van der Waals surface area (Å²) < 4.78 is 0. The van der Waals surface area contributed by atoms with Gasteiger partial charge in [-0.1, -0.05) is 26.7 Å². The van der Waals surface area contributed by atoms with E-state index in [0.717, 1.165) is 37.7 Å². The Hall–Kier alpha value is -1.32. The molecule has 0 unspecified atom stereocenters. The summed E-state index contributed by atoms with van der Waals surface area (Å²) in [6, 6.07) is 2.59. The van der Waals surface area contributed by atoms with Crippen LogP contribution in [0.3, 0.4) is 0 Å².